The summed E-state index contributed by atoms with van der Waals surface area (Å²) in [7, 11) is 1.64. The van der Waals surface area contributed by atoms with E-state index in [1.807, 2.05) is 64.2 Å². The van der Waals surface area contributed by atoms with Gasteiger partial charge in [-0.2, -0.15) is 5.10 Å². The number of benzene rings is 1. The molecule has 1 heterocycles. The maximum atomic E-state index is 11.7. The Kier molecular flexibility index (Phi) is 8.52. The van der Waals surface area contributed by atoms with Crippen molar-refractivity contribution in [3.63, 3.8) is 0 Å². The molecule has 1 aromatic heterocycles. The molecule has 1 aromatic carbocycles. The molecular formula is C21H32N6O3. The minimum absolute atomic E-state index is 0.422. The van der Waals surface area contributed by atoms with Gasteiger partial charge in [0, 0.05) is 25.8 Å². The number of alkyl carbamates (subject to hydrolysis) is 1. The Labute approximate surface area is 177 Å². The summed E-state index contributed by atoms with van der Waals surface area (Å²) in [5.74, 6) is 1.46. The lowest BCUT2D eigenvalue weighted by atomic mass is 10.2. The third-order valence-corrected chi connectivity index (χ3v) is 3.81. The highest BCUT2D eigenvalue weighted by Gasteiger charge is 2.15. The number of aromatic nitrogens is 2. The van der Waals surface area contributed by atoms with Crippen molar-refractivity contribution < 1.29 is 14.3 Å². The lowest BCUT2D eigenvalue weighted by Crippen LogP contribution is -2.42. The molecule has 0 bridgehead atoms. The first kappa shape index (κ1) is 23.1. The molecule has 0 saturated carbocycles. The Bertz CT molecular complexity index is 824. The number of amides is 1. The van der Waals surface area contributed by atoms with Crippen LogP contribution in [0.1, 0.15) is 33.4 Å². The summed E-state index contributed by atoms with van der Waals surface area (Å²) >= 11 is 0. The average molecular weight is 417 g/mol. The van der Waals surface area contributed by atoms with Gasteiger partial charge in [-0.1, -0.05) is 0 Å². The Morgan fingerprint density at radius 1 is 1.10 bits per heavy atom. The number of ether oxygens (including phenoxy) is 2. The summed E-state index contributed by atoms with van der Waals surface area (Å²) in [5, 5.41) is 13.6. The molecular weight excluding hydrogens is 384 g/mol. The molecule has 0 aliphatic carbocycles. The van der Waals surface area contributed by atoms with Crippen LogP contribution < -0.4 is 20.7 Å². The van der Waals surface area contributed by atoms with Crippen molar-refractivity contribution >= 4 is 12.1 Å². The lowest BCUT2D eigenvalue weighted by molar-refractivity contribution is 0.0529. The molecule has 0 aliphatic rings. The molecule has 2 aromatic rings. The summed E-state index contributed by atoms with van der Waals surface area (Å²) in [4.78, 5) is 16.2. The van der Waals surface area contributed by atoms with Gasteiger partial charge in [0.05, 0.1) is 25.0 Å². The van der Waals surface area contributed by atoms with Gasteiger partial charge in [-0.3, -0.25) is 0 Å². The minimum Gasteiger partial charge on any atom is -0.497 e. The number of guanidine groups is 1. The molecule has 0 radical (unpaired) electrons. The van der Waals surface area contributed by atoms with Gasteiger partial charge in [-0.25, -0.2) is 14.5 Å². The van der Waals surface area contributed by atoms with Crippen LogP contribution in [0.2, 0.25) is 0 Å². The Hall–Kier alpha value is -3.23. The maximum absolute atomic E-state index is 11.7. The van der Waals surface area contributed by atoms with Crippen LogP contribution in [0.4, 0.5) is 4.79 Å². The van der Waals surface area contributed by atoms with Crippen LogP contribution in [-0.2, 0) is 11.3 Å². The number of rotatable bonds is 8. The second-order valence-corrected chi connectivity index (χ2v) is 7.50. The Morgan fingerprint density at radius 3 is 2.43 bits per heavy atom. The van der Waals surface area contributed by atoms with E-state index in [2.05, 4.69) is 26.0 Å². The van der Waals surface area contributed by atoms with Gasteiger partial charge < -0.3 is 25.4 Å². The number of nitrogens with one attached hydrogen (secondary N) is 3. The van der Waals surface area contributed by atoms with Gasteiger partial charge in [0.25, 0.3) is 0 Å². The van der Waals surface area contributed by atoms with Crippen LogP contribution in [-0.4, -0.2) is 54.2 Å². The highest BCUT2D eigenvalue weighted by atomic mass is 16.6. The van der Waals surface area contributed by atoms with Crippen LogP contribution >= 0.6 is 0 Å². The van der Waals surface area contributed by atoms with Gasteiger partial charge >= 0.3 is 6.09 Å². The number of carbonyl (C=O) groups is 1. The zero-order valence-corrected chi connectivity index (χ0v) is 18.4. The second kappa shape index (κ2) is 11.1. The minimum atomic E-state index is -0.511. The Morgan fingerprint density at radius 2 is 1.80 bits per heavy atom. The van der Waals surface area contributed by atoms with Crippen LogP contribution in [0, 0.1) is 0 Å². The average Bonchev–Trinajstić information content (AvgIpc) is 3.17. The van der Waals surface area contributed by atoms with Crippen molar-refractivity contribution in [3.05, 3.63) is 42.2 Å². The smallest absolute Gasteiger partial charge is 0.407 e. The van der Waals surface area contributed by atoms with Crippen molar-refractivity contribution in [2.45, 2.75) is 39.8 Å². The molecule has 0 fully saturated rings. The largest absolute Gasteiger partial charge is 0.497 e. The van der Waals surface area contributed by atoms with E-state index in [4.69, 9.17) is 9.47 Å². The van der Waals surface area contributed by atoms with Crippen molar-refractivity contribution in [1.82, 2.24) is 25.7 Å². The van der Waals surface area contributed by atoms with E-state index >= 15 is 0 Å². The zero-order valence-electron chi connectivity index (χ0n) is 18.4. The first-order valence-electron chi connectivity index (χ1n) is 9.98. The molecule has 2 rings (SSSR count). The maximum Gasteiger partial charge on any atom is 0.407 e. The molecule has 0 aliphatic heterocycles. The number of hydrogen-bond acceptors (Lipinski definition) is 5. The zero-order chi connectivity index (χ0) is 22.0. The molecule has 1 amide bonds. The van der Waals surface area contributed by atoms with Crippen LogP contribution in [0.15, 0.2) is 41.5 Å². The number of aliphatic imine (C=N–C) groups is 1. The predicted molar refractivity (Wildman–Crippen MR) is 117 cm³/mol. The van der Waals surface area contributed by atoms with E-state index < -0.39 is 11.7 Å². The molecule has 30 heavy (non-hydrogen) atoms. The lowest BCUT2D eigenvalue weighted by Gasteiger charge is -2.19. The highest BCUT2D eigenvalue weighted by Crippen LogP contribution is 2.14. The number of hydrogen-bond donors (Lipinski definition) is 3. The summed E-state index contributed by atoms with van der Waals surface area (Å²) in [6, 6.07) is 9.62. The molecule has 3 N–H and O–H groups in total. The summed E-state index contributed by atoms with van der Waals surface area (Å²) in [6.07, 6.45) is 1.47. The van der Waals surface area contributed by atoms with Gasteiger partial charge in [-0.15, -0.1) is 0 Å². The van der Waals surface area contributed by atoms with Crippen LogP contribution in [0.5, 0.6) is 5.75 Å². The van der Waals surface area contributed by atoms with Crippen LogP contribution in [0.25, 0.3) is 5.69 Å². The fourth-order valence-corrected chi connectivity index (χ4v) is 2.49. The topological polar surface area (TPSA) is 102 Å². The van der Waals surface area contributed by atoms with Crippen molar-refractivity contribution in [1.29, 1.82) is 0 Å². The van der Waals surface area contributed by atoms with E-state index in [0.29, 0.717) is 25.6 Å². The van der Waals surface area contributed by atoms with Crippen molar-refractivity contribution in [3.8, 4) is 11.4 Å². The predicted octanol–water partition coefficient (Wildman–Crippen LogP) is 2.46. The summed E-state index contributed by atoms with van der Waals surface area (Å²) < 4.78 is 12.2. The molecule has 164 valence electrons. The third-order valence-electron chi connectivity index (χ3n) is 3.81. The van der Waals surface area contributed by atoms with Gasteiger partial charge in [0.2, 0.25) is 0 Å². The van der Waals surface area contributed by atoms with E-state index in [9.17, 15) is 4.79 Å². The molecule has 0 spiro atoms. The summed E-state index contributed by atoms with van der Waals surface area (Å²) in [6.45, 7) is 9.58. The van der Waals surface area contributed by atoms with Crippen molar-refractivity contribution in [2.24, 2.45) is 4.99 Å². The normalized spacial score (nSPS) is 11.7. The first-order chi connectivity index (χ1) is 14.3. The molecule has 0 saturated heterocycles. The van der Waals surface area contributed by atoms with E-state index in [1.54, 1.807) is 11.8 Å². The number of nitrogens with zero attached hydrogens (tertiary/aromatic N) is 3. The molecule has 9 nitrogen and oxygen atoms in total. The van der Waals surface area contributed by atoms with E-state index in [1.165, 1.54) is 0 Å². The Balaban J connectivity index is 1.85. The second-order valence-electron chi connectivity index (χ2n) is 7.50. The van der Waals surface area contributed by atoms with Gasteiger partial charge in [0.15, 0.2) is 5.96 Å². The first-order valence-corrected chi connectivity index (χ1v) is 9.98. The number of methoxy groups -OCH3 is 1. The van der Waals surface area contributed by atoms with Crippen molar-refractivity contribution in [2.75, 3.05) is 26.7 Å². The van der Waals surface area contributed by atoms with Crippen LogP contribution in [0.3, 0.4) is 0 Å². The summed E-state index contributed by atoms with van der Waals surface area (Å²) in [5.41, 5.74) is 1.28. The molecule has 9 heteroatoms. The molecule has 0 unspecified atom stereocenters. The highest BCUT2D eigenvalue weighted by molar-refractivity contribution is 5.79. The van der Waals surface area contributed by atoms with Gasteiger partial charge in [0.1, 0.15) is 11.4 Å². The monoisotopic (exact) mass is 416 g/mol. The number of carbonyl (C=O) groups excluding carboxylic acids is 1. The molecule has 0 atom stereocenters. The fourth-order valence-electron chi connectivity index (χ4n) is 2.49. The van der Waals surface area contributed by atoms with Gasteiger partial charge in [-0.05, 0) is 58.0 Å². The van der Waals surface area contributed by atoms with E-state index in [-0.39, 0.29) is 0 Å². The standard InChI is InChI=1S/C21H32N6O3/c1-6-22-19(23-12-13-24-20(28)30-21(2,3)4)25-15-16-11-14-27(26-16)17-7-9-18(29-5)10-8-17/h7-11,14H,6,12-13,15H2,1-5H3,(H,24,28)(H2,22,23,25). The quantitative estimate of drug-likeness (QED) is 0.347. The SMILES string of the molecule is CCNC(=NCc1ccn(-c2ccc(OC)cc2)n1)NCCNC(=O)OC(C)(C)C. The third kappa shape index (κ3) is 8.02. The fraction of sp³-hybridized carbons (Fsp3) is 0.476. The van der Waals surface area contributed by atoms with E-state index in [0.717, 1.165) is 23.7 Å².